The molecule has 0 spiro atoms. The zero-order chi connectivity index (χ0) is 15.7. The minimum atomic E-state index is -0.578. The van der Waals surface area contributed by atoms with Gasteiger partial charge < -0.3 is 24.1 Å². The van der Waals surface area contributed by atoms with Gasteiger partial charge in [-0.15, -0.1) is 0 Å². The van der Waals surface area contributed by atoms with Crippen LogP contribution in [0.2, 0.25) is 0 Å². The Balaban J connectivity index is 2.70. The van der Waals surface area contributed by atoms with Crippen molar-refractivity contribution in [2.75, 3.05) is 40.6 Å². The fraction of sp³-hybridized carbons (Fsp3) is 0.538. The molecule has 0 aliphatic rings. The summed E-state index contributed by atoms with van der Waals surface area (Å²) in [6.07, 6.45) is 0. The minimum Gasteiger partial charge on any atom is -0.493 e. The van der Waals surface area contributed by atoms with E-state index in [0.717, 1.165) is 0 Å². The Labute approximate surface area is 122 Å². The van der Waals surface area contributed by atoms with Gasteiger partial charge in [-0.1, -0.05) is 0 Å². The van der Waals surface area contributed by atoms with Crippen molar-refractivity contribution in [2.45, 2.75) is 6.61 Å². The van der Waals surface area contributed by atoms with Gasteiger partial charge in [0.2, 0.25) is 0 Å². The summed E-state index contributed by atoms with van der Waals surface area (Å²) in [6.45, 7) is 1.09. The van der Waals surface area contributed by atoms with Crippen LogP contribution in [0, 0.1) is 10.1 Å². The van der Waals surface area contributed by atoms with Crippen molar-refractivity contribution < 1.29 is 29.0 Å². The number of hydrogen-bond donors (Lipinski definition) is 1. The van der Waals surface area contributed by atoms with Crippen molar-refractivity contribution in [3.05, 3.63) is 27.8 Å². The van der Waals surface area contributed by atoms with E-state index in [-0.39, 0.29) is 23.6 Å². The van der Waals surface area contributed by atoms with Gasteiger partial charge >= 0.3 is 0 Å². The second-order valence-electron chi connectivity index (χ2n) is 4.00. The molecule has 1 N–H and O–H groups in total. The number of methoxy groups -OCH3 is 2. The predicted octanol–water partition coefficient (Wildman–Crippen LogP) is 1.14. The maximum absolute atomic E-state index is 10.9. The van der Waals surface area contributed by atoms with Gasteiger partial charge in [0.15, 0.2) is 11.5 Å². The van der Waals surface area contributed by atoms with E-state index >= 15 is 0 Å². The Bertz CT molecular complexity index is 464. The Kier molecular flexibility index (Phi) is 7.44. The number of benzene rings is 1. The van der Waals surface area contributed by atoms with Crippen LogP contribution in [0.15, 0.2) is 12.1 Å². The molecule has 0 radical (unpaired) electrons. The van der Waals surface area contributed by atoms with Crippen molar-refractivity contribution in [3.63, 3.8) is 0 Å². The van der Waals surface area contributed by atoms with Crippen molar-refractivity contribution in [3.8, 4) is 11.5 Å². The zero-order valence-corrected chi connectivity index (χ0v) is 12.0. The third-order valence-electron chi connectivity index (χ3n) is 2.65. The molecular weight excluding hydrogens is 282 g/mol. The van der Waals surface area contributed by atoms with Gasteiger partial charge in [-0.25, -0.2) is 0 Å². The van der Waals surface area contributed by atoms with Crippen LogP contribution in [-0.2, 0) is 16.1 Å². The van der Waals surface area contributed by atoms with Crippen molar-refractivity contribution in [2.24, 2.45) is 0 Å². The molecule has 8 heteroatoms. The molecule has 0 unspecified atom stereocenters. The number of nitro benzene ring substituents is 1. The maximum Gasteiger partial charge on any atom is 0.278 e. The molecule has 0 fully saturated rings. The quantitative estimate of drug-likeness (QED) is 0.393. The fourth-order valence-electron chi connectivity index (χ4n) is 1.62. The van der Waals surface area contributed by atoms with Crippen LogP contribution in [0.25, 0.3) is 0 Å². The molecule has 1 aromatic carbocycles. The lowest BCUT2D eigenvalue weighted by atomic mass is 10.1. The highest BCUT2D eigenvalue weighted by Crippen LogP contribution is 2.34. The summed E-state index contributed by atoms with van der Waals surface area (Å²) in [7, 11) is 2.97. The van der Waals surface area contributed by atoms with Gasteiger partial charge in [0, 0.05) is 7.11 Å². The minimum absolute atomic E-state index is 0.163. The van der Waals surface area contributed by atoms with Crippen molar-refractivity contribution in [1.82, 2.24) is 0 Å². The fourth-order valence-corrected chi connectivity index (χ4v) is 1.62. The first-order valence-corrected chi connectivity index (χ1v) is 6.29. The van der Waals surface area contributed by atoms with E-state index in [2.05, 4.69) is 0 Å². The number of aliphatic hydroxyl groups excluding tert-OH is 1. The first kappa shape index (κ1) is 17.2. The van der Waals surface area contributed by atoms with Crippen LogP contribution in [-0.4, -0.2) is 50.7 Å². The molecule has 118 valence electrons. The lowest BCUT2D eigenvalue weighted by molar-refractivity contribution is -0.385. The van der Waals surface area contributed by atoms with Gasteiger partial charge in [0.25, 0.3) is 5.69 Å². The van der Waals surface area contributed by atoms with Crippen molar-refractivity contribution in [1.29, 1.82) is 0 Å². The molecule has 0 atom stereocenters. The molecule has 0 aliphatic heterocycles. The molecule has 0 bridgehead atoms. The number of hydrogen-bond acceptors (Lipinski definition) is 7. The normalized spacial score (nSPS) is 10.4. The first-order chi connectivity index (χ1) is 10.1. The highest BCUT2D eigenvalue weighted by molar-refractivity contribution is 5.54. The maximum atomic E-state index is 10.9. The molecule has 1 aromatic rings. The number of aliphatic hydroxyl groups is 1. The van der Waals surface area contributed by atoms with Gasteiger partial charge in [-0.2, -0.15) is 0 Å². The average molecular weight is 301 g/mol. The van der Waals surface area contributed by atoms with Gasteiger partial charge in [-0.05, 0) is 6.07 Å². The second-order valence-corrected chi connectivity index (χ2v) is 4.00. The number of nitrogens with zero attached hydrogens (tertiary/aromatic N) is 1. The summed E-state index contributed by atoms with van der Waals surface area (Å²) in [5.74, 6) is 0.554. The van der Waals surface area contributed by atoms with Crippen LogP contribution >= 0.6 is 0 Å². The summed E-state index contributed by atoms with van der Waals surface area (Å²) in [5, 5.41) is 20.1. The Hall–Kier alpha value is -1.90. The summed E-state index contributed by atoms with van der Waals surface area (Å²) in [4.78, 5) is 10.3. The van der Waals surface area contributed by atoms with E-state index in [1.165, 1.54) is 19.2 Å². The highest BCUT2D eigenvalue weighted by atomic mass is 16.6. The standard InChI is InChI=1S/C13H19NO7/c1-18-3-4-20-5-6-21-13-7-10(9-15)11(14(16)17)8-12(13)19-2/h7-8,15H,3-6,9H2,1-2H3. The molecule has 0 heterocycles. The first-order valence-electron chi connectivity index (χ1n) is 6.29. The van der Waals surface area contributed by atoms with Gasteiger partial charge in [-0.3, -0.25) is 10.1 Å². The van der Waals surface area contributed by atoms with Crippen LogP contribution in [0.3, 0.4) is 0 Å². The highest BCUT2D eigenvalue weighted by Gasteiger charge is 2.19. The van der Waals surface area contributed by atoms with E-state index in [9.17, 15) is 15.2 Å². The second kappa shape index (κ2) is 9.11. The number of rotatable bonds is 10. The molecule has 0 amide bonds. The van der Waals surface area contributed by atoms with Gasteiger partial charge in [0.1, 0.15) is 6.61 Å². The number of ether oxygens (including phenoxy) is 4. The topological polar surface area (TPSA) is 100 Å². The van der Waals surface area contributed by atoms with Crippen LogP contribution in [0.4, 0.5) is 5.69 Å². The van der Waals surface area contributed by atoms with E-state index < -0.39 is 11.5 Å². The summed E-state index contributed by atoms with van der Waals surface area (Å²) >= 11 is 0. The molecule has 0 saturated carbocycles. The zero-order valence-electron chi connectivity index (χ0n) is 12.0. The van der Waals surface area contributed by atoms with E-state index in [1.807, 2.05) is 0 Å². The molecule has 8 nitrogen and oxygen atoms in total. The smallest absolute Gasteiger partial charge is 0.278 e. The molecule has 21 heavy (non-hydrogen) atoms. The van der Waals surface area contributed by atoms with Crippen LogP contribution in [0.5, 0.6) is 11.5 Å². The molecular formula is C13H19NO7. The average Bonchev–Trinajstić information content (AvgIpc) is 2.49. The SMILES string of the molecule is COCCOCCOc1cc(CO)c([N+](=O)[O-])cc1OC. The Morgan fingerprint density at radius 1 is 1.14 bits per heavy atom. The largest absolute Gasteiger partial charge is 0.493 e. The molecule has 1 rings (SSSR count). The molecule has 0 aliphatic carbocycles. The Morgan fingerprint density at radius 2 is 1.86 bits per heavy atom. The van der Waals surface area contributed by atoms with E-state index in [4.69, 9.17) is 18.9 Å². The van der Waals surface area contributed by atoms with E-state index in [0.29, 0.717) is 25.6 Å². The summed E-state index contributed by atoms with van der Waals surface area (Å²) in [6, 6.07) is 2.62. The lowest BCUT2D eigenvalue weighted by Crippen LogP contribution is -2.10. The summed E-state index contributed by atoms with van der Waals surface area (Å²) in [5.41, 5.74) is -0.0471. The monoisotopic (exact) mass is 301 g/mol. The van der Waals surface area contributed by atoms with Crippen LogP contribution < -0.4 is 9.47 Å². The van der Waals surface area contributed by atoms with Crippen LogP contribution in [0.1, 0.15) is 5.56 Å². The van der Waals surface area contributed by atoms with Crippen molar-refractivity contribution >= 4 is 5.69 Å². The van der Waals surface area contributed by atoms with E-state index in [1.54, 1.807) is 7.11 Å². The number of nitro groups is 1. The predicted molar refractivity (Wildman–Crippen MR) is 73.8 cm³/mol. The van der Waals surface area contributed by atoms with Gasteiger partial charge in [0.05, 0.1) is 50.1 Å². The third-order valence-corrected chi connectivity index (χ3v) is 2.65. The molecule has 0 aromatic heterocycles. The third kappa shape index (κ3) is 5.18. The summed E-state index contributed by atoms with van der Waals surface area (Å²) < 4.78 is 20.6. The molecule has 0 saturated heterocycles. The Morgan fingerprint density at radius 3 is 2.43 bits per heavy atom. The lowest BCUT2D eigenvalue weighted by Gasteiger charge is -2.12.